The molecular weight excluding hydrogens is 599 g/mol. The molecule has 11 nitrogen and oxygen atoms in total. The van der Waals surface area contributed by atoms with Gasteiger partial charge in [0.05, 0.1) is 23.3 Å². The molecule has 1 unspecified atom stereocenters. The van der Waals surface area contributed by atoms with Gasteiger partial charge in [-0.2, -0.15) is 13.2 Å². The summed E-state index contributed by atoms with van der Waals surface area (Å²) >= 11 is 0. The number of nitrogens with one attached hydrogen (secondary N) is 1. The maximum absolute atomic E-state index is 13.6. The van der Waals surface area contributed by atoms with Gasteiger partial charge in [-0.05, 0) is 77.3 Å². The van der Waals surface area contributed by atoms with E-state index in [9.17, 15) is 26.4 Å². The number of amides is 1. The van der Waals surface area contributed by atoms with Crippen LogP contribution in [0.1, 0.15) is 76.1 Å². The van der Waals surface area contributed by atoms with Crippen molar-refractivity contribution in [3.63, 3.8) is 0 Å². The van der Waals surface area contributed by atoms with Crippen LogP contribution in [0.25, 0.3) is 5.82 Å². The van der Waals surface area contributed by atoms with Gasteiger partial charge in [0.25, 0.3) is 15.9 Å². The number of hydrogen-bond acceptors (Lipinski definition) is 9. The molecule has 0 spiro atoms. The van der Waals surface area contributed by atoms with E-state index >= 15 is 0 Å². The van der Waals surface area contributed by atoms with Gasteiger partial charge in [-0.15, -0.1) is 5.10 Å². The highest BCUT2D eigenvalue weighted by Crippen LogP contribution is 2.59. The number of fused-ring (bicyclic) bond motifs is 4. The summed E-state index contributed by atoms with van der Waals surface area (Å²) in [6.07, 6.45) is 1.76. The Bertz CT molecular complexity index is 1580. The first-order chi connectivity index (χ1) is 20.7. The quantitative estimate of drug-likeness (QED) is 0.488. The number of rotatable bonds is 5. The summed E-state index contributed by atoms with van der Waals surface area (Å²) in [5, 5.41) is 4.34. The molecule has 3 N–H and O–H groups in total. The zero-order valence-corrected chi connectivity index (χ0v) is 25.8. The molecule has 0 aromatic carbocycles. The third-order valence-electron chi connectivity index (χ3n) is 8.80. The standard InChI is InChI=1S/C29H38F3N7O4S/c1-19-22(17-33)44(41,42)37-26(40)21-7-8-23(35-25(21)38-18-20(16-27(38,2)3)6-4-5-13-34-19)39-14-9-24(36-39)43-15-12-28(10-11-28)29(30,31)32/h7-9,14,17,20H,4-6,10-13,15-16,18,33H2,1-3H3,(H,37,40). The van der Waals surface area contributed by atoms with Gasteiger partial charge in [0.15, 0.2) is 5.82 Å². The van der Waals surface area contributed by atoms with Crippen LogP contribution in [0.2, 0.25) is 0 Å². The van der Waals surface area contributed by atoms with Crippen molar-refractivity contribution in [1.29, 1.82) is 0 Å². The number of halogens is 3. The van der Waals surface area contributed by atoms with Crippen molar-refractivity contribution >= 4 is 27.5 Å². The molecule has 1 saturated heterocycles. The molecule has 2 fully saturated rings. The molecule has 5 rings (SSSR count). The summed E-state index contributed by atoms with van der Waals surface area (Å²) in [5.74, 6) is 0.208. The normalized spacial score (nSPS) is 24.1. The maximum atomic E-state index is 13.6. The van der Waals surface area contributed by atoms with Crippen LogP contribution in [0.15, 0.2) is 40.5 Å². The fraction of sp³-hybridized carbons (Fsp3) is 0.586. The number of pyridine rings is 1. The predicted molar refractivity (Wildman–Crippen MR) is 159 cm³/mol. The summed E-state index contributed by atoms with van der Waals surface area (Å²) in [6, 6.07) is 4.54. The average Bonchev–Trinajstić information content (AvgIpc) is 3.48. The van der Waals surface area contributed by atoms with Crippen molar-refractivity contribution in [1.82, 2.24) is 19.5 Å². The number of carbonyl (C=O) groups is 1. The monoisotopic (exact) mass is 637 g/mol. The minimum Gasteiger partial charge on any atom is -0.477 e. The summed E-state index contributed by atoms with van der Waals surface area (Å²) in [7, 11) is -4.34. The third kappa shape index (κ3) is 6.42. The molecule has 1 aliphatic carbocycles. The number of aromatic nitrogens is 3. The van der Waals surface area contributed by atoms with E-state index in [1.54, 1.807) is 13.1 Å². The lowest BCUT2D eigenvalue weighted by Crippen LogP contribution is -2.41. The molecule has 1 saturated carbocycles. The van der Waals surface area contributed by atoms with Crippen molar-refractivity contribution in [3.05, 3.63) is 41.1 Å². The number of hydrogen-bond donors (Lipinski definition) is 2. The van der Waals surface area contributed by atoms with Crippen LogP contribution in [-0.2, 0) is 10.0 Å². The fourth-order valence-electron chi connectivity index (χ4n) is 6.10. The van der Waals surface area contributed by atoms with E-state index in [1.807, 2.05) is 4.90 Å². The Morgan fingerprint density at radius 2 is 1.95 bits per heavy atom. The Balaban J connectivity index is 1.46. The number of ether oxygens (including phenoxy) is 1. The lowest BCUT2D eigenvalue weighted by molar-refractivity contribution is -0.190. The minimum atomic E-state index is -4.34. The second-order valence-corrected chi connectivity index (χ2v) is 14.1. The van der Waals surface area contributed by atoms with Crippen LogP contribution in [0, 0.1) is 11.3 Å². The number of allylic oxidation sites excluding steroid dienone is 1. The Morgan fingerprint density at radius 1 is 1.20 bits per heavy atom. The number of alkyl halides is 3. The molecule has 4 heterocycles. The highest BCUT2D eigenvalue weighted by Gasteiger charge is 2.62. The first kappa shape index (κ1) is 31.8. The molecule has 3 aliphatic rings. The minimum absolute atomic E-state index is 0.0531. The smallest absolute Gasteiger partial charge is 0.394 e. The lowest BCUT2D eigenvalue weighted by Gasteiger charge is -2.34. The topological polar surface area (TPSA) is 145 Å². The van der Waals surface area contributed by atoms with Gasteiger partial charge in [0.2, 0.25) is 5.88 Å². The van der Waals surface area contributed by atoms with E-state index in [2.05, 4.69) is 28.7 Å². The molecule has 2 aliphatic heterocycles. The van der Waals surface area contributed by atoms with Crippen LogP contribution >= 0.6 is 0 Å². The molecule has 15 heteroatoms. The van der Waals surface area contributed by atoms with E-state index in [0.717, 1.165) is 31.9 Å². The molecule has 240 valence electrons. The van der Waals surface area contributed by atoms with E-state index in [0.29, 0.717) is 30.6 Å². The van der Waals surface area contributed by atoms with E-state index in [-0.39, 0.29) is 47.9 Å². The summed E-state index contributed by atoms with van der Waals surface area (Å²) in [4.78, 5) is 24.5. The number of sulfonamides is 1. The van der Waals surface area contributed by atoms with Crippen LogP contribution in [-0.4, -0.2) is 66.2 Å². The van der Waals surface area contributed by atoms with Gasteiger partial charge in [-0.1, -0.05) is 6.42 Å². The summed E-state index contributed by atoms with van der Waals surface area (Å²) in [6.45, 7) is 6.58. The SMILES string of the molecule is CC1=NCCCCC2CN(c3nc(-n4ccc(OCCC5(C(F)(F)F)CC5)n4)ccc3C(=O)NS(=O)(=O)C1=CN)C(C)(C)C2. The highest BCUT2D eigenvalue weighted by molar-refractivity contribution is 7.95. The van der Waals surface area contributed by atoms with Gasteiger partial charge in [0.1, 0.15) is 10.7 Å². The maximum Gasteiger partial charge on any atom is 0.394 e. The van der Waals surface area contributed by atoms with E-state index in [1.165, 1.54) is 22.9 Å². The fourth-order valence-corrected chi connectivity index (χ4v) is 7.19. The Kier molecular flexibility index (Phi) is 8.46. The second kappa shape index (κ2) is 11.7. The molecule has 2 aromatic heterocycles. The highest BCUT2D eigenvalue weighted by atomic mass is 32.2. The number of aliphatic imine (C=N–C) groups is 1. The van der Waals surface area contributed by atoms with Gasteiger partial charge < -0.3 is 15.4 Å². The van der Waals surface area contributed by atoms with Crippen molar-refractivity contribution < 1.29 is 31.1 Å². The molecule has 0 radical (unpaired) electrons. The number of nitrogens with zero attached hydrogens (tertiary/aromatic N) is 5. The zero-order valence-electron chi connectivity index (χ0n) is 25.0. The van der Waals surface area contributed by atoms with Crippen molar-refractivity contribution in [2.24, 2.45) is 22.1 Å². The summed E-state index contributed by atoms with van der Waals surface area (Å²) in [5.41, 5.74) is 3.86. The van der Waals surface area contributed by atoms with Gasteiger partial charge in [-0.25, -0.2) is 22.8 Å². The Morgan fingerprint density at radius 3 is 2.64 bits per heavy atom. The largest absolute Gasteiger partial charge is 0.477 e. The van der Waals surface area contributed by atoms with E-state index < -0.39 is 33.1 Å². The number of carbonyl (C=O) groups excluding carboxylic acids is 1. The van der Waals surface area contributed by atoms with Crippen molar-refractivity contribution in [2.45, 2.75) is 77.4 Å². The molecule has 1 atom stereocenters. The first-order valence-electron chi connectivity index (χ1n) is 14.7. The molecule has 44 heavy (non-hydrogen) atoms. The third-order valence-corrected chi connectivity index (χ3v) is 10.3. The van der Waals surface area contributed by atoms with Gasteiger partial charge in [-0.3, -0.25) is 9.79 Å². The Labute approximate surface area is 254 Å². The zero-order chi connectivity index (χ0) is 31.9. The Hall–Kier alpha value is -3.62. The van der Waals surface area contributed by atoms with Crippen LogP contribution in [0.5, 0.6) is 5.88 Å². The van der Waals surface area contributed by atoms with E-state index in [4.69, 9.17) is 15.5 Å². The first-order valence-corrected chi connectivity index (χ1v) is 16.2. The van der Waals surface area contributed by atoms with Gasteiger partial charge >= 0.3 is 6.18 Å². The van der Waals surface area contributed by atoms with Crippen LogP contribution < -0.4 is 20.1 Å². The summed E-state index contributed by atoms with van der Waals surface area (Å²) < 4.78 is 75.3. The average molecular weight is 638 g/mol. The number of anilines is 1. The van der Waals surface area contributed by atoms with Crippen molar-refractivity contribution in [3.8, 4) is 11.7 Å². The molecular formula is C29H38F3N7O4S. The second-order valence-electron chi connectivity index (χ2n) is 12.4. The van der Waals surface area contributed by atoms with Gasteiger partial charge in [0, 0.05) is 37.1 Å². The van der Waals surface area contributed by atoms with Crippen LogP contribution in [0.4, 0.5) is 19.0 Å². The number of nitrogens with two attached hydrogens (primary N) is 1. The van der Waals surface area contributed by atoms with Crippen LogP contribution in [0.3, 0.4) is 0 Å². The predicted octanol–water partition coefficient (Wildman–Crippen LogP) is 4.49. The molecule has 2 bridgehead atoms. The lowest BCUT2D eigenvalue weighted by atomic mass is 9.93. The molecule has 1 amide bonds. The van der Waals surface area contributed by atoms with Crippen molar-refractivity contribution in [2.75, 3.05) is 24.6 Å². The molecule has 2 aromatic rings.